The van der Waals surface area contributed by atoms with Gasteiger partial charge in [0.25, 0.3) is 0 Å². The highest BCUT2D eigenvalue weighted by Crippen LogP contribution is 2.19. The largest absolute Gasteiger partial charge is 0.361 e. The lowest BCUT2D eigenvalue weighted by Crippen LogP contribution is -2.23. The van der Waals surface area contributed by atoms with Gasteiger partial charge in [0.15, 0.2) is 0 Å². The van der Waals surface area contributed by atoms with Crippen LogP contribution in [0.15, 0.2) is 54.7 Å². The first-order valence-electron chi connectivity index (χ1n) is 9.90. The lowest BCUT2D eigenvalue weighted by Gasteiger charge is -2.14. The van der Waals surface area contributed by atoms with E-state index >= 15 is 0 Å². The van der Waals surface area contributed by atoms with E-state index in [1.54, 1.807) is 0 Å². The highest BCUT2D eigenvalue weighted by molar-refractivity contribution is 5.84. The topological polar surface area (TPSA) is 48.1 Å². The smallest absolute Gasteiger partial charge is 0.220 e. The van der Waals surface area contributed by atoms with Crippen LogP contribution < -0.4 is 5.32 Å². The summed E-state index contributed by atoms with van der Waals surface area (Å²) in [6.45, 7) is 4.07. The molecule has 27 heavy (non-hydrogen) atoms. The van der Waals surface area contributed by atoms with E-state index in [0.29, 0.717) is 13.0 Å². The average Bonchev–Trinajstić information content (AvgIpc) is 3.35. The van der Waals surface area contributed by atoms with E-state index in [1.165, 1.54) is 42.4 Å². The van der Waals surface area contributed by atoms with Gasteiger partial charge in [-0.2, -0.15) is 0 Å². The van der Waals surface area contributed by atoms with Crippen molar-refractivity contribution in [1.82, 2.24) is 15.2 Å². The lowest BCUT2D eigenvalue weighted by atomic mass is 10.1. The van der Waals surface area contributed by atoms with E-state index < -0.39 is 0 Å². The summed E-state index contributed by atoms with van der Waals surface area (Å²) in [6, 6.07) is 16.8. The third-order valence-electron chi connectivity index (χ3n) is 5.41. The molecule has 0 bridgehead atoms. The van der Waals surface area contributed by atoms with E-state index in [0.717, 1.165) is 24.0 Å². The molecule has 1 aliphatic heterocycles. The summed E-state index contributed by atoms with van der Waals surface area (Å²) in [7, 11) is 0. The monoisotopic (exact) mass is 361 g/mol. The minimum absolute atomic E-state index is 0.0985. The van der Waals surface area contributed by atoms with Crippen molar-refractivity contribution in [2.24, 2.45) is 0 Å². The summed E-state index contributed by atoms with van der Waals surface area (Å²) in [5, 5.41) is 4.25. The summed E-state index contributed by atoms with van der Waals surface area (Å²) in [5.74, 6) is 0.0985. The number of fused-ring (bicyclic) bond motifs is 1. The number of carbonyl (C=O) groups is 1. The van der Waals surface area contributed by atoms with Gasteiger partial charge in [0, 0.05) is 36.6 Å². The molecule has 4 heteroatoms. The number of likely N-dealkylation sites (tertiary alicyclic amines) is 1. The van der Waals surface area contributed by atoms with Crippen LogP contribution in [-0.4, -0.2) is 28.9 Å². The molecule has 0 saturated carbocycles. The van der Waals surface area contributed by atoms with Gasteiger partial charge in [-0.15, -0.1) is 0 Å². The van der Waals surface area contributed by atoms with Crippen LogP contribution in [0.4, 0.5) is 0 Å². The number of amides is 1. The Morgan fingerprint density at radius 3 is 2.56 bits per heavy atom. The van der Waals surface area contributed by atoms with Crippen LogP contribution in [0.5, 0.6) is 0 Å². The molecule has 1 amide bonds. The van der Waals surface area contributed by atoms with Crippen molar-refractivity contribution in [2.75, 3.05) is 13.1 Å². The van der Waals surface area contributed by atoms with Gasteiger partial charge < -0.3 is 10.3 Å². The highest BCUT2D eigenvalue weighted by atomic mass is 16.1. The van der Waals surface area contributed by atoms with E-state index in [2.05, 4.69) is 51.6 Å². The molecule has 0 radical (unpaired) electrons. The molecule has 0 atom stereocenters. The number of H-pyrrole nitrogens is 1. The average molecular weight is 361 g/mol. The number of aromatic nitrogens is 1. The number of benzene rings is 2. The van der Waals surface area contributed by atoms with Crippen LogP contribution >= 0.6 is 0 Å². The van der Waals surface area contributed by atoms with Gasteiger partial charge in [-0.25, -0.2) is 0 Å². The Labute approximate surface area is 160 Å². The van der Waals surface area contributed by atoms with Crippen LogP contribution in [0.25, 0.3) is 10.9 Å². The van der Waals surface area contributed by atoms with E-state index in [4.69, 9.17) is 0 Å². The van der Waals surface area contributed by atoms with Gasteiger partial charge in [0.2, 0.25) is 5.91 Å². The number of nitrogens with zero attached hydrogens (tertiary/aromatic N) is 1. The second-order valence-electron chi connectivity index (χ2n) is 7.44. The fourth-order valence-corrected chi connectivity index (χ4v) is 3.84. The normalized spacial score (nSPS) is 14.7. The van der Waals surface area contributed by atoms with Crippen LogP contribution in [0.1, 0.15) is 36.0 Å². The fraction of sp³-hybridized carbons (Fsp3) is 0.348. The molecule has 2 N–H and O–H groups in total. The number of hydrogen-bond acceptors (Lipinski definition) is 2. The Balaban J connectivity index is 1.24. The van der Waals surface area contributed by atoms with E-state index in [1.807, 2.05) is 18.3 Å². The molecule has 0 spiro atoms. The van der Waals surface area contributed by atoms with Gasteiger partial charge in [-0.1, -0.05) is 42.5 Å². The summed E-state index contributed by atoms with van der Waals surface area (Å²) in [6.07, 6.45) is 5.92. The van der Waals surface area contributed by atoms with E-state index in [-0.39, 0.29) is 5.91 Å². The quantitative estimate of drug-likeness (QED) is 0.668. The molecule has 0 aliphatic carbocycles. The molecular formula is C23H27N3O. The first kappa shape index (κ1) is 17.8. The van der Waals surface area contributed by atoms with Crippen molar-refractivity contribution < 1.29 is 4.79 Å². The Hall–Kier alpha value is -2.59. The van der Waals surface area contributed by atoms with Crippen molar-refractivity contribution in [1.29, 1.82) is 0 Å². The molecule has 140 valence electrons. The minimum atomic E-state index is 0.0985. The molecule has 2 aromatic carbocycles. The van der Waals surface area contributed by atoms with Crippen LogP contribution in [-0.2, 0) is 24.3 Å². The maximum absolute atomic E-state index is 12.2. The van der Waals surface area contributed by atoms with Crippen LogP contribution in [0.3, 0.4) is 0 Å². The maximum atomic E-state index is 12.2. The number of rotatable bonds is 7. The molecule has 4 nitrogen and oxygen atoms in total. The Kier molecular flexibility index (Phi) is 5.54. The number of hydrogen-bond donors (Lipinski definition) is 2. The molecule has 1 saturated heterocycles. The van der Waals surface area contributed by atoms with Crippen molar-refractivity contribution in [2.45, 2.75) is 38.8 Å². The summed E-state index contributed by atoms with van der Waals surface area (Å²) in [5.41, 5.74) is 4.83. The maximum Gasteiger partial charge on any atom is 0.220 e. The second kappa shape index (κ2) is 8.40. The first-order chi connectivity index (χ1) is 13.3. The van der Waals surface area contributed by atoms with Crippen LogP contribution in [0.2, 0.25) is 0 Å². The molecule has 4 rings (SSSR count). The van der Waals surface area contributed by atoms with Gasteiger partial charge in [0.1, 0.15) is 0 Å². The van der Waals surface area contributed by atoms with Gasteiger partial charge in [-0.05, 0) is 55.1 Å². The Morgan fingerprint density at radius 2 is 1.74 bits per heavy atom. The van der Waals surface area contributed by atoms with Crippen molar-refractivity contribution >= 4 is 16.8 Å². The highest BCUT2D eigenvalue weighted by Gasteiger charge is 2.11. The molecule has 3 aromatic rings. The third-order valence-corrected chi connectivity index (χ3v) is 5.41. The molecule has 1 aromatic heterocycles. The predicted octanol–water partition coefficient (Wildman–Crippen LogP) is 4.01. The second-order valence-corrected chi connectivity index (χ2v) is 7.44. The SMILES string of the molecule is O=C(CCc1c[nH]c2ccccc12)NCc1ccc(CN2CCCC2)cc1. The molecule has 1 aliphatic rings. The third kappa shape index (κ3) is 4.58. The van der Waals surface area contributed by atoms with Crippen LogP contribution in [0, 0.1) is 0 Å². The first-order valence-corrected chi connectivity index (χ1v) is 9.90. The standard InChI is InChI=1S/C23H27N3O/c27-23(12-11-20-16-24-22-6-2-1-5-21(20)22)25-15-18-7-9-19(10-8-18)17-26-13-3-4-14-26/h1-2,5-10,16,24H,3-4,11-15,17H2,(H,25,27). The van der Waals surface area contributed by atoms with Gasteiger partial charge in [-0.3, -0.25) is 9.69 Å². The van der Waals surface area contributed by atoms with Crippen molar-refractivity contribution in [3.63, 3.8) is 0 Å². The van der Waals surface area contributed by atoms with Crippen molar-refractivity contribution in [3.8, 4) is 0 Å². The van der Waals surface area contributed by atoms with E-state index in [9.17, 15) is 4.79 Å². The summed E-state index contributed by atoms with van der Waals surface area (Å²) >= 11 is 0. The molecule has 2 heterocycles. The summed E-state index contributed by atoms with van der Waals surface area (Å²) in [4.78, 5) is 18.0. The minimum Gasteiger partial charge on any atom is -0.361 e. The predicted molar refractivity (Wildman–Crippen MR) is 109 cm³/mol. The molecular weight excluding hydrogens is 334 g/mol. The zero-order valence-corrected chi connectivity index (χ0v) is 15.7. The van der Waals surface area contributed by atoms with Gasteiger partial charge in [0.05, 0.1) is 0 Å². The zero-order valence-electron chi connectivity index (χ0n) is 15.7. The molecule has 1 fully saturated rings. The zero-order chi connectivity index (χ0) is 18.5. The Morgan fingerprint density at radius 1 is 1.00 bits per heavy atom. The molecule has 0 unspecified atom stereocenters. The number of nitrogens with one attached hydrogen (secondary N) is 2. The number of aromatic amines is 1. The number of para-hydroxylation sites is 1. The Bertz CT molecular complexity index is 891. The lowest BCUT2D eigenvalue weighted by molar-refractivity contribution is -0.121. The van der Waals surface area contributed by atoms with Crippen molar-refractivity contribution in [3.05, 3.63) is 71.4 Å². The summed E-state index contributed by atoms with van der Waals surface area (Å²) < 4.78 is 0. The number of aryl methyl sites for hydroxylation is 1. The fourth-order valence-electron chi connectivity index (χ4n) is 3.84. The number of carbonyl (C=O) groups excluding carboxylic acids is 1. The van der Waals surface area contributed by atoms with Gasteiger partial charge >= 0.3 is 0 Å².